The number of amides is 1. The third kappa shape index (κ3) is 5.07. The number of hydrogen-bond donors (Lipinski definition) is 3. The molecular weight excluding hydrogens is 351 g/mol. The number of aliphatic carboxylic acids is 1. The van der Waals surface area contributed by atoms with Gasteiger partial charge in [0.05, 0.1) is 11.7 Å². The van der Waals surface area contributed by atoms with E-state index in [1.54, 1.807) is 27.0 Å². The van der Waals surface area contributed by atoms with Crippen molar-refractivity contribution in [1.82, 2.24) is 9.88 Å². The zero-order valence-corrected chi connectivity index (χ0v) is 15.9. The molecule has 0 aliphatic carbocycles. The van der Waals surface area contributed by atoms with Crippen LogP contribution in [-0.2, 0) is 11.3 Å². The molecule has 7 heteroatoms. The van der Waals surface area contributed by atoms with Crippen molar-refractivity contribution in [2.75, 3.05) is 6.67 Å². The number of aliphatic hydroxyl groups excluding tert-OH is 1. The Morgan fingerprint density at radius 1 is 1.26 bits per heavy atom. The molecule has 1 aromatic heterocycles. The summed E-state index contributed by atoms with van der Waals surface area (Å²) in [5, 5.41) is 22.1. The van der Waals surface area contributed by atoms with Gasteiger partial charge in [-0.2, -0.15) is 0 Å². The summed E-state index contributed by atoms with van der Waals surface area (Å²) in [5.41, 5.74) is 0.592. The van der Waals surface area contributed by atoms with Crippen LogP contribution in [0.5, 0.6) is 0 Å². The number of carbonyl (C=O) groups is 2. The number of aliphatic hydroxyl groups is 1. The fourth-order valence-electron chi connectivity index (χ4n) is 3.04. The van der Waals surface area contributed by atoms with Crippen LogP contribution < -0.4 is 5.32 Å². The Morgan fingerprint density at radius 2 is 1.93 bits per heavy atom. The number of alkyl halides is 1. The predicted molar refractivity (Wildman–Crippen MR) is 101 cm³/mol. The Hall–Kier alpha value is -2.41. The molecule has 0 saturated heterocycles. The van der Waals surface area contributed by atoms with Crippen molar-refractivity contribution >= 4 is 22.8 Å². The highest BCUT2D eigenvalue weighted by atomic mass is 19.1. The van der Waals surface area contributed by atoms with Gasteiger partial charge in [-0.15, -0.1) is 0 Å². The molecule has 2 rings (SSSR count). The second kappa shape index (κ2) is 8.52. The van der Waals surface area contributed by atoms with E-state index in [1.165, 1.54) is 0 Å². The number of carboxylic acid groups (broad SMARTS) is 1. The van der Waals surface area contributed by atoms with Gasteiger partial charge in [-0.25, -0.2) is 9.18 Å². The number of para-hydroxylation sites is 1. The first-order chi connectivity index (χ1) is 12.6. The molecule has 0 bridgehead atoms. The Balaban J connectivity index is 2.27. The molecular formula is C20H27FN2O4. The van der Waals surface area contributed by atoms with Gasteiger partial charge in [0.15, 0.2) is 0 Å². The van der Waals surface area contributed by atoms with Gasteiger partial charge in [0.1, 0.15) is 12.7 Å². The molecule has 2 atom stereocenters. The SMILES string of the molecule is CC(C)(C)C(NC(=O)c1cn(CCCC(O)CF)c2ccccc12)C(=O)O. The van der Waals surface area contributed by atoms with E-state index in [4.69, 9.17) is 0 Å². The molecule has 0 radical (unpaired) electrons. The monoisotopic (exact) mass is 378 g/mol. The summed E-state index contributed by atoms with van der Waals surface area (Å²) in [6.45, 7) is 5.01. The quantitative estimate of drug-likeness (QED) is 0.659. The molecule has 0 spiro atoms. The first-order valence-corrected chi connectivity index (χ1v) is 9.00. The highest BCUT2D eigenvalue weighted by molar-refractivity contribution is 6.08. The number of nitrogens with zero attached hydrogens (tertiary/aromatic N) is 1. The van der Waals surface area contributed by atoms with Crippen LogP contribution in [0.25, 0.3) is 10.9 Å². The lowest BCUT2D eigenvalue weighted by Gasteiger charge is -2.27. The Morgan fingerprint density at radius 3 is 2.52 bits per heavy atom. The van der Waals surface area contributed by atoms with E-state index in [0.29, 0.717) is 24.9 Å². The molecule has 27 heavy (non-hydrogen) atoms. The zero-order chi connectivity index (χ0) is 20.2. The van der Waals surface area contributed by atoms with Gasteiger partial charge in [-0.3, -0.25) is 4.79 Å². The standard InChI is InChI=1S/C20H27FN2O4/c1-20(2,3)17(19(26)27)22-18(25)15-12-23(10-6-7-13(24)11-21)16-9-5-4-8-14(15)16/h4-5,8-9,12-13,17,24H,6-7,10-11H2,1-3H3,(H,22,25)(H,26,27). The summed E-state index contributed by atoms with van der Waals surface area (Å²) in [4.78, 5) is 24.3. The largest absolute Gasteiger partial charge is 0.480 e. The van der Waals surface area contributed by atoms with Gasteiger partial charge in [0.25, 0.3) is 5.91 Å². The number of nitrogens with one attached hydrogen (secondary N) is 1. The van der Waals surface area contributed by atoms with Crippen molar-refractivity contribution in [3.8, 4) is 0 Å². The number of halogens is 1. The number of aryl methyl sites for hydroxylation is 1. The van der Waals surface area contributed by atoms with Crippen molar-refractivity contribution in [2.45, 2.75) is 52.3 Å². The van der Waals surface area contributed by atoms with Crippen LogP contribution >= 0.6 is 0 Å². The van der Waals surface area contributed by atoms with Gasteiger partial charge in [0, 0.05) is 23.6 Å². The Labute approximate surface area is 158 Å². The lowest BCUT2D eigenvalue weighted by Crippen LogP contribution is -2.49. The van der Waals surface area contributed by atoms with E-state index >= 15 is 0 Å². The highest BCUT2D eigenvalue weighted by Crippen LogP contribution is 2.24. The summed E-state index contributed by atoms with van der Waals surface area (Å²) in [6, 6.07) is 6.33. The molecule has 6 nitrogen and oxygen atoms in total. The molecule has 0 aliphatic heterocycles. The Bertz CT molecular complexity index is 810. The van der Waals surface area contributed by atoms with Crippen LogP contribution in [-0.4, -0.2) is 45.5 Å². The maximum atomic E-state index is 12.8. The van der Waals surface area contributed by atoms with Gasteiger partial charge >= 0.3 is 5.97 Å². The fraction of sp³-hybridized carbons (Fsp3) is 0.500. The normalized spacial score (nSPS) is 14.1. The summed E-state index contributed by atoms with van der Waals surface area (Å²) in [7, 11) is 0. The van der Waals surface area contributed by atoms with Crippen molar-refractivity contribution in [1.29, 1.82) is 0 Å². The number of aromatic nitrogens is 1. The molecule has 0 aliphatic rings. The second-order valence-electron chi connectivity index (χ2n) is 7.81. The van der Waals surface area contributed by atoms with Crippen LogP contribution in [0, 0.1) is 5.41 Å². The molecule has 0 saturated carbocycles. The molecule has 1 aromatic carbocycles. The van der Waals surface area contributed by atoms with Crippen molar-refractivity contribution in [3.63, 3.8) is 0 Å². The maximum absolute atomic E-state index is 12.8. The molecule has 2 unspecified atom stereocenters. The van der Waals surface area contributed by atoms with Crippen molar-refractivity contribution in [2.24, 2.45) is 5.41 Å². The smallest absolute Gasteiger partial charge is 0.326 e. The van der Waals surface area contributed by atoms with Crippen molar-refractivity contribution < 1.29 is 24.2 Å². The van der Waals surface area contributed by atoms with E-state index in [1.807, 2.05) is 28.8 Å². The molecule has 1 heterocycles. The van der Waals surface area contributed by atoms with Gasteiger partial charge in [-0.1, -0.05) is 39.0 Å². The third-order valence-corrected chi connectivity index (χ3v) is 4.54. The Kier molecular flexibility index (Phi) is 6.59. The molecule has 3 N–H and O–H groups in total. The summed E-state index contributed by atoms with van der Waals surface area (Å²) in [6.07, 6.45) is 1.60. The number of hydrogen-bond acceptors (Lipinski definition) is 3. The lowest BCUT2D eigenvalue weighted by atomic mass is 9.86. The van der Waals surface area contributed by atoms with E-state index < -0.39 is 36.1 Å². The second-order valence-corrected chi connectivity index (χ2v) is 7.81. The van der Waals surface area contributed by atoms with E-state index in [9.17, 15) is 24.2 Å². The van der Waals surface area contributed by atoms with Crippen LogP contribution in [0.4, 0.5) is 4.39 Å². The van der Waals surface area contributed by atoms with E-state index in [-0.39, 0.29) is 0 Å². The van der Waals surface area contributed by atoms with Gasteiger partial charge < -0.3 is 20.1 Å². The zero-order valence-electron chi connectivity index (χ0n) is 15.9. The molecule has 1 amide bonds. The average molecular weight is 378 g/mol. The molecule has 148 valence electrons. The number of rotatable bonds is 8. The molecule has 0 fully saturated rings. The highest BCUT2D eigenvalue weighted by Gasteiger charge is 2.33. The van der Waals surface area contributed by atoms with Crippen LogP contribution in [0.15, 0.2) is 30.5 Å². The minimum absolute atomic E-state index is 0.329. The number of benzene rings is 1. The summed E-state index contributed by atoms with van der Waals surface area (Å²) < 4.78 is 14.3. The number of carbonyl (C=O) groups excluding carboxylic acids is 1. The topological polar surface area (TPSA) is 91.6 Å². The van der Waals surface area contributed by atoms with Crippen molar-refractivity contribution in [3.05, 3.63) is 36.0 Å². The molecule has 2 aromatic rings. The number of fused-ring (bicyclic) bond motifs is 1. The minimum atomic E-state index is -1.08. The lowest BCUT2D eigenvalue weighted by molar-refractivity contribution is -0.142. The van der Waals surface area contributed by atoms with E-state index in [2.05, 4.69) is 5.32 Å². The van der Waals surface area contributed by atoms with Crippen LogP contribution in [0.1, 0.15) is 44.0 Å². The first-order valence-electron chi connectivity index (χ1n) is 9.00. The number of carboxylic acids is 1. The fourth-order valence-corrected chi connectivity index (χ4v) is 3.04. The van der Waals surface area contributed by atoms with Crippen LogP contribution in [0.3, 0.4) is 0 Å². The van der Waals surface area contributed by atoms with E-state index in [0.717, 1.165) is 10.9 Å². The summed E-state index contributed by atoms with van der Waals surface area (Å²) >= 11 is 0. The third-order valence-electron chi connectivity index (χ3n) is 4.54. The summed E-state index contributed by atoms with van der Waals surface area (Å²) in [5.74, 6) is -1.53. The average Bonchev–Trinajstić information content (AvgIpc) is 2.97. The van der Waals surface area contributed by atoms with Crippen LogP contribution in [0.2, 0.25) is 0 Å². The maximum Gasteiger partial charge on any atom is 0.326 e. The predicted octanol–water partition coefficient (Wildman–Crippen LogP) is 2.98. The minimum Gasteiger partial charge on any atom is -0.480 e. The van der Waals surface area contributed by atoms with Gasteiger partial charge in [0.2, 0.25) is 0 Å². The first kappa shape index (κ1) is 20.9. The van der Waals surface area contributed by atoms with Gasteiger partial charge in [-0.05, 0) is 24.3 Å².